The first-order valence-electron chi connectivity index (χ1n) is 10.7. The predicted octanol–water partition coefficient (Wildman–Crippen LogP) is 4.11. The van der Waals surface area contributed by atoms with Crippen molar-refractivity contribution in [1.29, 1.82) is 0 Å². The lowest BCUT2D eigenvalue weighted by Crippen LogP contribution is -2.22. The number of amides is 1. The summed E-state index contributed by atoms with van der Waals surface area (Å²) in [6.45, 7) is 7.75. The van der Waals surface area contributed by atoms with Gasteiger partial charge in [-0.3, -0.25) is 4.79 Å². The third-order valence-electron chi connectivity index (χ3n) is 5.33. The van der Waals surface area contributed by atoms with Crippen LogP contribution in [0.5, 0.6) is 5.88 Å². The number of fused-ring (bicyclic) bond motifs is 1. The third-order valence-corrected chi connectivity index (χ3v) is 7.03. The van der Waals surface area contributed by atoms with Gasteiger partial charge in [0.25, 0.3) is 0 Å². The number of aromatic nitrogens is 4. The van der Waals surface area contributed by atoms with Crippen LogP contribution in [0.2, 0.25) is 25.7 Å². The zero-order valence-electron chi connectivity index (χ0n) is 18.8. The Morgan fingerprint density at radius 2 is 2.09 bits per heavy atom. The molecule has 8 nitrogen and oxygen atoms in total. The normalized spacial score (nSPS) is 18.0. The Kier molecular flexibility index (Phi) is 6.25. The van der Waals surface area contributed by atoms with Crippen LogP contribution in [0, 0.1) is 5.92 Å². The van der Waals surface area contributed by atoms with Gasteiger partial charge in [0.05, 0.1) is 18.6 Å². The first-order chi connectivity index (χ1) is 15.3. The summed E-state index contributed by atoms with van der Waals surface area (Å²) in [5.74, 6) is -0.123. The van der Waals surface area contributed by atoms with E-state index in [1.807, 2.05) is 18.2 Å². The molecule has 0 aliphatic heterocycles. The molecule has 170 valence electrons. The molecule has 10 heteroatoms. The molecule has 1 N–H and O–H groups in total. The topological polar surface area (TPSA) is 91.2 Å². The van der Waals surface area contributed by atoms with Crippen molar-refractivity contribution in [2.45, 2.75) is 45.0 Å². The number of nitrogens with one attached hydrogen (secondary N) is 1. The van der Waals surface area contributed by atoms with Gasteiger partial charge in [-0.1, -0.05) is 19.6 Å². The van der Waals surface area contributed by atoms with E-state index in [4.69, 9.17) is 14.6 Å². The minimum atomic E-state index is -1.22. The maximum Gasteiger partial charge on any atom is 0.231 e. The summed E-state index contributed by atoms with van der Waals surface area (Å²) in [5, 5.41) is 8.21. The number of carbonyl (C=O) groups is 1. The number of halogens is 1. The van der Waals surface area contributed by atoms with Gasteiger partial charge in [0.1, 0.15) is 24.4 Å². The minimum absolute atomic E-state index is 0.225. The second-order valence-corrected chi connectivity index (χ2v) is 14.8. The van der Waals surface area contributed by atoms with Gasteiger partial charge < -0.3 is 14.8 Å². The number of carbonyl (C=O) groups excluding carboxylic acids is 1. The lowest BCUT2D eigenvalue weighted by atomic mass is 10.1. The average molecular weight is 458 g/mol. The number of rotatable bonds is 9. The number of pyridine rings is 2. The Bertz CT molecular complexity index is 1130. The highest BCUT2D eigenvalue weighted by molar-refractivity contribution is 6.76. The van der Waals surface area contributed by atoms with Crippen LogP contribution in [0.3, 0.4) is 0 Å². The minimum Gasteiger partial charge on any atom is -0.481 e. The van der Waals surface area contributed by atoms with E-state index in [1.54, 1.807) is 24.1 Å². The van der Waals surface area contributed by atoms with E-state index in [9.17, 15) is 9.18 Å². The standard InChI is InChI=1S/C22H28FN5O3Si/c1-30-22-15(6-5-9-24-22)19-14-7-8-18(26-21(29)16-12-17(16)23)25-20(14)28(27-19)13-31-10-11-32(2,3)4/h5-9,16-17H,10-13H2,1-4H3,(H,25,26,29)/t16-,17+/m1/s1. The number of hydrogen-bond donors (Lipinski definition) is 1. The van der Waals surface area contributed by atoms with Crippen molar-refractivity contribution in [1.82, 2.24) is 19.7 Å². The molecular formula is C22H28FN5O3Si. The number of methoxy groups -OCH3 is 1. The zero-order valence-corrected chi connectivity index (χ0v) is 19.8. The van der Waals surface area contributed by atoms with Crippen LogP contribution in [0.1, 0.15) is 6.42 Å². The molecule has 1 saturated carbocycles. The van der Waals surface area contributed by atoms with Gasteiger partial charge in [0.15, 0.2) is 5.65 Å². The molecule has 0 aromatic carbocycles. The predicted molar refractivity (Wildman–Crippen MR) is 123 cm³/mol. The smallest absolute Gasteiger partial charge is 0.231 e. The maximum absolute atomic E-state index is 13.2. The molecule has 0 unspecified atom stereocenters. The highest BCUT2D eigenvalue weighted by Crippen LogP contribution is 2.35. The maximum atomic E-state index is 13.2. The van der Waals surface area contributed by atoms with Crippen LogP contribution >= 0.6 is 0 Å². The van der Waals surface area contributed by atoms with E-state index < -0.39 is 20.2 Å². The third kappa shape index (κ3) is 4.96. The molecule has 3 heterocycles. The van der Waals surface area contributed by atoms with E-state index in [0.29, 0.717) is 29.6 Å². The summed E-state index contributed by atoms with van der Waals surface area (Å²) >= 11 is 0. The van der Waals surface area contributed by atoms with Crippen molar-refractivity contribution in [3.63, 3.8) is 0 Å². The number of alkyl halides is 1. The summed E-state index contributed by atoms with van der Waals surface area (Å²) in [4.78, 5) is 21.0. The van der Waals surface area contributed by atoms with Crippen LogP contribution < -0.4 is 10.1 Å². The van der Waals surface area contributed by atoms with E-state index >= 15 is 0 Å². The molecule has 3 aromatic rings. The lowest BCUT2D eigenvalue weighted by molar-refractivity contribution is -0.117. The summed E-state index contributed by atoms with van der Waals surface area (Å²) in [6.07, 6.45) is 0.860. The number of ether oxygens (including phenoxy) is 2. The first-order valence-corrected chi connectivity index (χ1v) is 14.4. The van der Waals surface area contributed by atoms with Crippen molar-refractivity contribution in [2.24, 2.45) is 5.92 Å². The molecule has 0 bridgehead atoms. The molecule has 1 aliphatic carbocycles. The molecule has 1 amide bonds. The molecule has 2 atom stereocenters. The highest BCUT2D eigenvalue weighted by Gasteiger charge is 2.43. The summed E-state index contributed by atoms with van der Waals surface area (Å²) in [6, 6.07) is 8.27. The summed E-state index contributed by atoms with van der Waals surface area (Å²) < 4.78 is 26.2. The van der Waals surface area contributed by atoms with E-state index in [-0.39, 0.29) is 19.1 Å². The van der Waals surface area contributed by atoms with Gasteiger partial charge in [0, 0.05) is 26.3 Å². The Hall–Kier alpha value is -2.85. The molecule has 0 saturated heterocycles. The van der Waals surface area contributed by atoms with Crippen molar-refractivity contribution in [3.05, 3.63) is 30.5 Å². The molecule has 3 aromatic heterocycles. The van der Waals surface area contributed by atoms with Crippen molar-refractivity contribution in [3.8, 4) is 17.1 Å². The molecule has 1 aliphatic rings. The molecule has 32 heavy (non-hydrogen) atoms. The van der Waals surface area contributed by atoms with Gasteiger partial charge in [-0.25, -0.2) is 19.0 Å². The van der Waals surface area contributed by atoms with Crippen molar-refractivity contribution >= 4 is 30.8 Å². The van der Waals surface area contributed by atoms with Gasteiger partial charge >= 0.3 is 0 Å². The largest absolute Gasteiger partial charge is 0.481 e. The number of anilines is 1. The van der Waals surface area contributed by atoms with Gasteiger partial charge in [0.2, 0.25) is 11.8 Å². The fraction of sp³-hybridized carbons (Fsp3) is 0.455. The van der Waals surface area contributed by atoms with E-state index in [1.165, 1.54) is 0 Å². The van der Waals surface area contributed by atoms with Crippen LogP contribution in [-0.2, 0) is 16.3 Å². The second kappa shape index (κ2) is 8.95. The van der Waals surface area contributed by atoms with Gasteiger partial charge in [-0.15, -0.1) is 0 Å². The Morgan fingerprint density at radius 3 is 2.78 bits per heavy atom. The van der Waals surface area contributed by atoms with Crippen LogP contribution in [0.25, 0.3) is 22.3 Å². The van der Waals surface area contributed by atoms with Crippen LogP contribution in [0.4, 0.5) is 10.2 Å². The van der Waals surface area contributed by atoms with E-state index in [0.717, 1.165) is 17.0 Å². The molecular weight excluding hydrogens is 429 g/mol. The van der Waals surface area contributed by atoms with Gasteiger partial charge in [-0.2, -0.15) is 5.10 Å². The highest BCUT2D eigenvalue weighted by atomic mass is 28.3. The molecule has 0 radical (unpaired) electrons. The first kappa shape index (κ1) is 22.3. The Labute approximate surface area is 187 Å². The Balaban J connectivity index is 1.66. The average Bonchev–Trinajstić information content (AvgIpc) is 3.39. The second-order valence-electron chi connectivity index (χ2n) is 9.17. The SMILES string of the molecule is COc1ncccc1-c1nn(COCC[Si](C)(C)C)c2nc(NC(=O)[C@@H]3C[C@@H]3F)ccc12. The van der Waals surface area contributed by atoms with Crippen LogP contribution in [-0.4, -0.2) is 53.6 Å². The fourth-order valence-electron chi connectivity index (χ4n) is 3.33. The summed E-state index contributed by atoms with van der Waals surface area (Å²) in [5.41, 5.74) is 1.96. The fourth-order valence-corrected chi connectivity index (χ4v) is 4.08. The van der Waals surface area contributed by atoms with Crippen molar-refractivity contribution in [2.75, 3.05) is 19.0 Å². The number of nitrogens with zero attached hydrogens (tertiary/aromatic N) is 4. The molecule has 4 rings (SSSR count). The number of hydrogen-bond acceptors (Lipinski definition) is 6. The van der Waals surface area contributed by atoms with Crippen LogP contribution in [0.15, 0.2) is 30.5 Å². The molecule has 1 fully saturated rings. The lowest BCUT2D eigenvalue weighted by Gasteiger charge is -2.15. The summed E-state index contributed by atoms with van der Waals surface area (Å²) in [7, 11) is 0.342. The molecule has 0 spiro atoms. The Morgan fingerprint density at radius 1 is 1.31 bits per heavy atom. The van der Waals surface area contributed by atoms with Gasteiger partial charge in [-0.05, 0) is 36.7 Å². The van der Waals surface area contributed by atoms with E-state index in [2.05, 4.69) is 34.9 Å². The van der Waals surface area contributed by atoms with Crippen molar-refractivity contribution < 1.29 is 18.7 Å². The quantitative estimate of drug-likeness (QED) is 0.384. The monoisotopic (exact) mass is 457 g/mol. The zero-order chi connectivity index (χ0) is 22.9.